The van der Waals surface area contributed by atoms with Gasteiger partial charge in [-0.25, -0.2) is 5.01 Å². The minimum absolute atomic E-state index is 0.0866. The van der Waals surface area contributed by atoms with Gasteiger partial charge < -0.3 is 4.74 Å². The molecule has 0 N–H and O–H groups in total. The summed E-state index contributed by atoms with van der Waals surface area (Å²) >= 11 is 0. The van der Waals surface area contributed by atoms with Crippen LogP contribution in [0.3, 0.4) is 0 Å². The topological polar surface area (TPSA) is 54.8 Å². The van der Waals surface area contributed by atoms with Crippen molar-refractivity contribution in [2.24, 2.45) is 11.0 Å². The second-order valence-corrected chi connectivity index (χ2v) is 7.81. The van der Waals surface area contributed by atoms with Crippen LogP contribution in [0.5, 0.6) is 5.75 Å². The minimum atomic E-state index is -0.0866. The van der Waals surface area contributed by atoms with E-state index in [9.17, 15) is 4.79 Å². The number of benzene rings is 2. The molecule has 5 rings (SSSR count). The summed E-state index contributed by atoms with van der Waals surface area (Å²) in [5.74, 6) is 1.07. The number of carbonyl (C=O) groups is 1. The third-order valence-corrected chi connectivity index (χ3v) is 5.57. The van der Waals surface area contributed by atoms with Crippen LogP contribution in [-0.4, -0.2) is 21.6 Å². The molecule has 0 spiro atoms. The zero-order chi connectivity index (χ0) is 20.3. The van der Waals surface area contributed by atoms with Crippen molar-refractivity contribution < 1.29 is 9.53 Å². The Balaban J connectivity index is 1.33. The Morgan fingerprint density at radius 2 is 1.80 bits per heavy atom. The lowest BCUT2D eigenvalue weighted by atomic mass is 9.99. The molecule has 0 saturated heterocycles. The molecule has 3 aromatic rings. The van der Waals surface area contributed by atoms with E-state index in [2.05, 4.69) is 4.98 Å². The van der Waals surface area contributed by atoms with E-state index in [4.69, 9.17) is 9.84 Å². The summed E-state index contributed by atoms with van der Waals surface area (Å²) < 4.78 is 5.91. The molecule has 1 aliphatic carbocycles. The molecule has 1 atom stereocenters. The molecule has 0 radical (unpaired) electrons. The van der Waals surface area contributed by atoms with Crippen molar-refractivity contribution >= 4 is 11.6 Å². The smallest absolute Gasteiger partial charge is 0.246 e. The van der Waals surface area contributed by atoms with Crippen molar-refractivity contribution in [3.05, 3.63) is 95.8 Å². The zero-order valence-corrected chi connectivity index (χ0v) is 16.6. The van der Waals surface area contributed by atoms with Crippen molar-refractivity contribution in [2.75, 3.05) is 0 Å². The normalized spacial score (nSPS) is 18.2. The summed E-state index contributed by atoms with van der Waals surface area (Å²) in [6.07, 6.45) is 6.17. The van der Waals surface area contributed by atoms with Gasteiger partial charge in [0, 0.05) is 30.3 Å². The molecule has 2 aliphatic rings. The van der Waals surface area contributed by atoms with E-state index < -0.39 is 0 Å². The summed E-state index contributed by atoms with van der Waals surface area (Å²) in [5.41, 5.74) is 4.08. The lowest BCUT2D eigenvalue weighted by molar-refractivity contribution is -0.134. The van der Waals surface area contributed by atoms with Gasteiger partial charge in [-0.15, -0.1) is 0 Å². The van der Waals surface area contributed by atoms with Crippen LogP contribution in [0.25, 0.3) is 0 Å². The highest BCUT2D eigenvalue weighted by molar-refractivity contribution is 6.03. The van der Waals surface area contributed by atoms with Gasteiger partial charge >= 0.3 is 0 Å². The molecular weight excluding hydrogens is 374 g/mol. The molecule has 1 saturated carbocycles. The number of hydrazone groups is 1. The van der Waals surface area contributed by atoms with Gasteiger partial charge in [-0.3, -0.25) is 9.78 Å². The second kappa shape index (κ2) is 8.11. The average Bonchev–Trinajstić information content (AvgIpc) is 3.57. The SMILES string of the molecule is O=C(C1CC1)N1N=C(c2cccnc2)CC1c1ccc(OCc2ccccc2)cc1. The third kappa shape index (κ3) is 3.96. The summed E-state index contributed by atoms with van der Waals surface area (Å²) in [4.78, 5) is 17.1. The van der Waals surface area contributed by atoms with E-state index in [0.29, 0.717) is 13.0 Å². The lowest BCUT2D eigenvalue weighted by Crippen LogP contribution is -2.28. The molecule has 1 aromatic heterocycles. The maximum absolute atomic E-state index is 12.9. The number of rotatable bonds is 6. The number of carbonyl (C=O) groups excluding carboxylic acids is 1. The van der Waals surface area contributed by atoms with Crippen LogP contribution in [0, 0.1) is 5.92 Å². The van der Waals surface area contributed by atoms with E-state index in [-0.39, 0.29) is 17.9 Å². The zero-order valence-electron chi connectivity index (χ0n) is 16.6. The van der Waals surface area contributed by atoms with Crippen molar-refractivity contribution in [3.8, 4) is 5.75 Å². The fourth-order valence-electron chi connectivity index (χ4n) is 3.73. The van der Waals surface area contributed by atoms with Gasteiger partial charge in [-0.05, 0) is 42.2 Å². The van der Waals surface area contributed by atoms with Gasteiger partial charge in [0.25, 0.3) is 0 Å². The van der Waals surface area contributed by atoms with Crippen LogP contribution < -0.4 is 4.74 Å². The predicted molar refractivity (Wildman–Crippen MR) is 115 cm³/mol. The number of amides is 1. The van der Waals surface area contributed by atoms with Crippen LogP contribution >= 0.6 is 0 Å². The molecule has 0 bridgehead atoms. The highest BCUT2D eigenvalue weighted by Crippen LogP contribution is 2.39. The number of ether oxygens (including phenoxy) is 1. The van der Waals surface area contributed by atoms with Crippen LogP contribution in [-0.2, 0) is 11.4 Å². The first-order valence-corrected chi connectivity index (χ1v) is 10.4. The fourth-order valence-corrected chi connectivity index (χ4v) is 3.73. The third-order valence-electron chi connectivity index (χ3n) is 5.57. The van der Waals surface area contributed by atoms with Crippen molar-refractivity contribution in [2.45, 2.75) is 31.9 Å². The van der Waals surface area contributed by atoms with Crippen molar-refractivity contribution in [1.29, 1.82) is 0 Å². The van der Waals surface area contributed by atoms with Crippen molar-refractivity contribution in [1.82, 2.24) is 9.99 Å². The van der Waals surface area contributed by atoms with Gasteiger partial charge in [0.05, 0.1) is 11.8 Å². The van der Waals surface area contributed by atoms with E-state index in [1.165, 1.54) is 0 Å². The number of hydrogen-bond donors (Lipinski definition) is 0. The lowest BCUT2D eigenvalue weighted by Gasteiger charge is -2.22. The number of hydrogen-bond acceptors (Lipinski definition) is 4. The Kier molecular flexibility index (Phi) is 5.01. The Hall–Kier alpha value is -3.47. The van der Waals surface area contributed by atoms with Gasteiger partial charge in [-0.2, -0.15) is 5.10 Å². The average molecular weight is 397 g/mol. The number of aromatic nitrogens is 1. The maximum Gasteiger partial charge on any atom is 0.246 e. The summed E-state index contributed by atoms with van der Waals surface area (Å²) in [7, 11) is 0. The largest absolute Gasteiger partial charge is 0.489 e. The highest BCUT2D eigenvalue weighted by atomic mass is 16.5. The molecule has 1 amide bonds. The first kappa shape index (κ1) is 18.6. The van der Waals surface area contributed by atoms with E-state index in [1.54, 1.807) is 11.2 Å². The minimum Gasteiger partial charge on any atom is -0.489 e. The highest BCUT2D eigenvalue weighted by Gasteiger charge is 2.40. The molecule has 2 aromatic carbocycles. The van der Waals surface area contributed by atoms with Gasteiger partial charge in [0.15, 0.2) is 0 Å². The van der Waals surface area contributed by atoms with Gasteiger partial charge in [0.1, 0.15) is 12.4 Å². The predicted octanol–water partition coefficient (Wildman–Crippen LogP) is 4.75. The Labute approximate surface area is 176 Å². The Morgan fingerprint density at radius 3 is 2.50 bits per heavy atom. The van der Waals surface area contributed by atoms with E-state index in [0.717, 1.165) is 41.0 Å². The molecular formula is C25H23N3O2. The Bertz CT molecular complexity index is 1040. The van der Waals surface area contributed by atoms with Gasteiger partial charge in [-0.1, -0.05) is 48.5 Å². The van der Waals surface area contributed by atoms with Crippen LogP contribution in [0.15, 0.2) is 84.2 Å². The molecule has 5 nitrogen and oxygen atoms in total. The molecule has 1 fully saturated rings. The molecule has 30 heavy (non-hydrogen) atoms. The molecule has 1 unspecified atom stereocenters. The summed E-state index contributed by atoms with van der Waals surface area (Å²) in [6, 6.07) is 21.9. The van der Waals surface area contributed by atoms with Gasteiger partial charge in [0.2, 0.25) is 5.91 Å². The van der Waals surface area contributed by atoms with Crippen LogP contribution in [0.2, 0.25) is 0 Å². The monoisotopic (exact) mass is 397 g/mol. The first-order chi connectivity index (χ1) is 14.8. The first-order valence-electron chi connectivity index (χ1n) is 10.4. The number of nitrogens with zero attached hydrogens (tertiary/aromatic N) is 3. The Morgan fingerprint density at radius 1 is 1.00 bits per heavy atom. The van der Waals surface area contributed by atoms with E-state index in [1.807, 2.05) is 72.9 Å². The maximum atomic E-state index is 12.9. The second-order valence-electron chi connectivity index (χ2n) is 7.81. The van der Waals surface area contributed by atoms with Crippen molar-refractivity contribution in [3.63, 3.8) is 0 Å². The quantitative estimate of drug-likeness (QED) is 0.603. The van der Waals surface area contributed by atoms with E-state index >= 15 is 0 Å². The molecule has 5 heteroatoms. The van der Waals surface area contributed by atoms with Crippen LogP contribution in [0.1, 0.15) is 42.0 Å². The molecule has 1 aliphatic heterocycles. The standard InChI is InChI=1S/C25H23N3O2/c29-25(20-8-9-20)28-24(15-23(27-28)21-7-4-14-26-16-21)19-10-12-22(13-11-19)30-17-18-5-2-1-3-6-18/h1-7,10-14,16,20,24H,8-9,15,17H2. The summed E-state index contributed by atoms with van der Waals surface area (Å²) in [5, 5.41) is 6.40. The number of pyridine rings is 1. The summed E-state index contributed by atoms with van der Waals surface area (Å²) in [6.45, 7) is 0.532. The fraction of sp³-hybridized carbons (Fsp3) is 0.240. The van der Waals surface area contributed by atoms with Crippen LogP contribution in [0.4, 0.5) is 0 Å². The molecule has 2 heterocycles. The molecule has 150 valence electrons.